The molecule has 0 aromatic heterocycles. The third-order valence-corrected chi connectivity index (χ3v) is 3.95. The van der Waals surface area contributed by atoms with Crippen LogP contribution in [0.5, 0.6) is 5.75 Å². The zero-order chi connectivity index (χ0) is 14.4. The molecular weight excluding hydrogens is 281 g/mol. The highest BCUT2D eigenvalue weighted by Crippen LogP contribution is 2.40. The van der Waals surface area contributed by atoms with Crippen LogP contribution in [0.4, 0.5) is 0 Å². The lowest BCUT2D eigenvalue weighted by atomic mass is 9.86. The molecule has 0 aliphatic heterocycles. The fourth-order valence-corrected chi connectivity index (χ4v) is 2.66. The molecule has 0 aliphatic carbocycles. The van der Waals surface area contributed by atoms with Gasteiger partial charge in [0.15, 0.2) is 0 Å². The fraction of sp³-hybridized carbons (Fsp3) is 0.600. The van der Waals surface area contributed by atoms with E-state index in [1.807, 2.05) is 6.07 Å². The Morgan fingerprint density at radius 1 is 1.26 bits per heavy atom. The van der Waals surface area contributed by atoms with E-state index in [9.17, 15) is 0 Å². The second kappa shape index (κ2) is 7.98. The SMILES string of the molecule is CCCOc1c(Cl)cc(Cl)cc1C(C)C(C)CCN. The van der Waals surface area contributed by atoms with Gasteiger partial charge in [-0.25, -0.2) is 0 Å². The van der Waals surface area contributed by atoms with Crippen molar-refractivity contribution in [1.82, 2.24) is 0 Å². The van der Waals surface area contributed by atoms with E-state index in [0.717, 1.165) is 24.2 Å². The molecule has 2 unspecified atom stereocenters. The van der Waals surface area contributed by atoms with Crippen molar-refractivity contribution in [1.29, 1.82) is 0 Å². The van der Waals surface area contributed by atoms with Crippen LogP contribution in [0.15, 0.2) is 12.1 Å². The summed E-state index contributed by atoms with van der Waals surface area (Å²) in [6.45, 7) is 7.78. The lowest BCUT2D eigenvalue weighted by molar-refractivity contribution is 0.308. The molecule has 19 heavy (non-hydrogen) atoms. The molecule has 0 aliphatic rings. The van der Waals surface area contributed by atoms with Crippen LogP contribution in [-0.4, -0.2) is 13.2 Å². The van der Waals surface area contributed by atoms with Crippen LogP contribution >= 0.6 is 23.2 Å². The Labute approximate surface area is 126 Å². The molecule has 2 nitrogen and oxygen atoms in total. The summed E-state index contributed by atoms with van der Waals surface area (Å²) in [5, 5.41) is 1.23. The van der Waals surface area contributed by atoms with Gasteiger partial charge in [-0.1, -0.05) is 44.0 Å². The number of nitrogens with two attached hydrogens (primary N) is 1. The number of hydrogen-bond acceptors (Lipinski definition) is 2. The summed E-state index contributed by atoms with van der Waals surface area (Å²) >= 11 is 12.4. The minimum absolute atomic E-state index is 0.312. The van der Waals surface area contributed by atoms with E-state index in [4.69, 9.17) is 33.7 Å². The van der Waals surface area contributed by atoms with E-state index in [-0.39, 0.29) is 0 Å². The van der Waals surface area contributed by atoms with Gasteiger partial charge in [0.2, 0.25) is 0 Å². The molecular formula is C15H23Cl2NO. The van der Waals surface area contributed by atoms with Crippen LogP contribution in [0.2, 0.25) is 10.0 Å². The van der Waals surface area contributed by atoms with E-state index >= 15 is 0 Å². The zero-order valence-corrected chi connectivity index (χ0v) is 13.4. The molecule has 0 spiro atoms. The monoisotopic (exact) mass is 303 g/mol. The number of rotatable bonds is 7. The smallest absolute Gasteiger partial charge is 0.141 e. The minimum atomic E-state index is 0.312. The molecule has 2 N–H and O–H groups in total. The predicted octanol–water partition coefficient (Wildman–Crippen LogP) is 4.87. The standard InChI is InChI=1S/C15H23Cl2NO/c1-4-7-19-15-13(8-12(16)9-14(15)17)11(3)10(2)5-6-18/h8-11H,4-7,18H2,1-3H3. The average molecular weight is 304 g/mol. The predicted molar refractivity (Wildman–Crippen MR) is 83.5 cm³/mol. The second-order valence-corrected chi connectivity index (χ2v) is 5.84. The van der Waals surface area contributed by atoms with Crippen LogP contribution < -0.4 is 10.5 Å². The Kier molecular flexibility index (Phi) is 6.98. The van der Waals surface area contributed by atoms with E-state index in [1.54, 1.807) is 6.07 Å². The summed E-state index contributed by atoms with van der Waals surface area (Å²) in [7, 11) is 0. The molecule has 1 rings (SSSR count). The molecule has 108 valence electrons. The molecule has 0 heterocycles. The second-order valence-electron chi connectivity index (χ2n) is 5.00. The number of ether oxygens (including phenoxy) is 1. The number of hydrogen-bond donors (Lipinski definition) is 1. The van der Waals surface area contributed by atoms with Gasteiger partial charge < -0.3 is 10.5 Å². The van der Waals surface area contributed by atoms with E-state index in [2.05, 4.69) is 20.8 Å². The molecule has 1 aromatic rings. The van der Waals surface area contributed by atoms with Crippen molar-refractivity contribution in [2.75, 3.05) is 13.2 Å². The molecule has 1 aromatic carbocycles. The van der Waals surface area contributed by atoms with Crippen LogP contribution in [0.3, 0.4) is 0 Å². The largest absolute Gasteiger partial charge is 0.492 e. The minimum Gasteiger partial charge on any atom is -0.492 e. The maximum Gasteiger partial charge on any atom is 0.141 e. The summed E-state index contributed by atoms with van der Waals surface area (Å²) < 4.78 is 5.80. The molecule has 0 fully saturated rings. The third kappa shape index (κ3) is 4.55. The first-order valence-corrected chi connectivity index (χ1v) is 7.58. The van der Waals surface area contributed by atoms with Crippen molar-refractivity contribution in [3.8, 4) is 5.75 Å². The maximum atomic E-state index is 6.26. The van der Waals surface area contributed by atoms with Crippen molar-refractivity contribution in [3.63, 3.8) is 0 Å². The van der Waals surface area contributed by atoms with Crippen LogP contribution in [0.25, 0.3) is 0 Å². The van der Waals surface area contributed by atoms with Gasteiger partial charge in [-0.2, -0.15) is 0 Å². The van der Waals surface area contributed by atoms with Gasteiger partial charge in [0, 0.05) is 10.6 Å². The van der Waals surface area contributed by atoms with Crippen molar-refractivity contribution < 1.29 is 4.74 Å². The van der Waals surface area contributed by atoms with E-state index in [1.165, 1.54) is 0 Å². The zero-order valence-electron chi connectivity index (χ0n) is 11.9. The van der Waals surface area contributed by atoms with Gasteiger partial charge in [0.1, 0.15) is 5.75 Å². The Morgan fingerprint density at radius 3 is 2.53 bits per heavy atom. The summed E-state index contributed by atoms with van der Waals surface area (Å²) in [6.07, 6.45) is 1.92. The van der Waals surface area contributed by atoms with Gasteiger partial charge in [-0.05, 0) is 43.4 Å². The molecule has 0 bridgehead atoms. The van der Waals surface area contributed by atoms with Crippen molar-refractivity contribution in [2.45, 2.75) is 39.5 Å². The van der Waals surface area contributed by atoms with Crippen molar-refractivity contribution >= 4 is 23.2 Å². The molecule has 0 saturated carbocycles. The number of benzene rings is 1. The first-order valence-electron chi connectivity index (χ1n) is 6.83. The summed E-state index contributed by atoms with van der Waals surface area (Å²) in [5.74, 6) is 1.54. The fourth-order valence-electron chi connectivity index (χ4n) is 2.09. The summed E-state index contributed by atoms with van der Waals surface area (Å²) in [4.78, 5) is 0. The lowest BCUT2D eigenvalue weighted by Crippen LogP contribution is -2.13. The van der Waals surface area contributed by atoms with E-state index in [0.29, 0.717) is 35.0 Å². The molecule has 0 radical (unpaired) electrons. The average Bonchev–Trinajstić information content (AvgIpc) is 2.36. The highest BCUT2D eigenvalue weighted by molar-refractivity contribution is 6.35. The van der Waals surface area contributed by atoms with Crippen molar-refractivity contribution in [3.05, 3.63) is 27.7 Å². The van der Waals surface area contributed by atoms with Crippen molar-refractivity contribution in [2.24, 2.45) is 11.7 Å². The Hall–Kier alpha value is -0.440. The molecule has 2 atom stereocenters. The van der Waals surface area contributed by atoms with Gasteiger partial charge in [-0.3, -0.25) is 0 Å². The maximum absolute atomic E-state index is 6.26. The third-order valence-electron chi connectivity index (χ3n) is 3.45. The van der Waals surface area contributed by atoms with Crippen LogP contribution in [0, 0.1) is 5.92 Å². The first kappa shape index (κ1) is 16.6. The quantitative estimate of drug-likeness (QED) is 0.780. The summed E-state index contributed by atoms with van der Waals surface area (Å²) in [5.41, 5.74) is 6.72. The summed E-state index contributed by atoms with van der Waals surface area (Å²) in [6, 6.07) is 3.69. The highest BCUT2D eigenvalue weighted by atomic mass is 35.5. The molecule has 0 amide bonds. The Morgan fingerprint density at radius 2 is 1.95 bits per heavy atom. The Bertz CT molecular complexity index is 409. The lowest BCUT2D eigenvalue weighted by Gasteiger charge is -2.23. The van der Waals surface area contributed by atoms with Gasteiger partial charge in [-0.15, -0.1) is 0 Å². The molecule has 4 heteroatoms. The van der Waals surface area contributed by atoms with Gasteiger partial charge in [0.25, 0.3) is 0 Å². The van der Waals surface area contributed by atoms with Gasteiger partial charge >= 0.3 is 0 Å². The topological polar surface area (TPSA) is 35.2 Å². The highest BCUT2D eigenvalue weighted by Gasteiger charge is 2.20. The van der Waals surface area contributed by atoms with Crippen LogP contribution in [0.1, 0.15) is 45.1 Å². The number of halogens is 2. The van der Waals surface area contributed by atoms with Gasteiger partial charge in [0.05, 0.1) is 11.6 Å². The normalized spacial score (nSPS) is 14.2. The Balaban J connectivity index is 3.08. The molecule has 0 saturated heterocycles. The van der Waals surface area contributed by atoms with E-state index < -0.39 is 0 Å². The van der Waals surface area contributed by atoms with Crippen LogP contribution in [-0.2, 0) is 0 Å². The first-order chi connectivity index (χ1) is 9.01.